The van der Waals surface area contributed by atoms with Gasteiger partial charge in [-0.05, 0) is 32.4 Å². The van der Waals surface area contributed by atoms with Crippen LogP contribution in [0.25, 0.3) is 0 Å². The van der Waals surface area contributed by atoms with E-state index in [1.807, 2.05) is 12.4 Å². The van der Waals surface area contributed by atoms with E-state index in [0.29, 0.717) is 12.0 Å². The number of nitrogens with zero attached hydrogens (tertiary/aromatic N) is 4. The summed E-state index contributed by atoms with van der Waals surface area (Å²) >= 11 is 0. The van der Waals surface area contributed by atoms with Gasteiger partial charge in [-0.2, -0.15) is 0 Å². The second-order valence-electron chi connectivity index (χ2n) is 6.97. The summed E-state index contributed by atoms with van der Waals surface area (Å²) < 4.78 is 0. The van der Waals surface area contributed by atoms with Crippen LogP contribution in [0.1, 0.15) is 32.8 Å². The molecular formula is C17H31N5. The first-order valence-corrected chi connectivity index (χ1v) is 8.44. The Morgan fingerprint density at radius 3 is 2.45 bits per heavy atom. The largest absolute Gasteiger partial charge is 0.354 e. The molecule has 0 radical (unpaired) electrons. The third-order valence-corrected chi connectivity index (χ3v) is 4.57. The Morgan fingerprint density at radius 2 is 1.95 bits per heavy atom. The lowest BCUT2D eigenvalue weighted by molar-refractivity contribution is 0.215. The van der Waals surface area contributed by atoms with Gasteiger partial charge >= 0.3 is 0 Å². The Kier molecular flexibility index (Phi) is 6.15. The van der Waals surface area contributed by atoms with Gasteiger partial charge in [0.25, 0.3) is 0 Å². The molecule has 0 saturated carbocycles. The van der Waals surface area contributed by atoms with Crippen molar-refractivity contribution in [2.24, 2.45) is 11.8 Å². The van der Waals surface area contributed by atoms with Crippen LogP contribution < -0.4 is 5.32 Å². The summed E-state index contributed by atoms with van der Waals surface area (Å²) in [7, 11) is 4.39. The average Bonchev–Trinajstić information content (AvgIpc) is 2.91. The number of hydrogen-bond acceptors (Lipinski definition) is 5. The van der Waals surface area contributed by atoms with E-state index < -0.39 is 0 Å². The van der Waals surface area contributed by atoms with E-state index >= 15 is 0 Å². The third kappa shape index (κ3) is 4.40. The molecule has 1 aromatic heterocycles. The summed E-state index contributed by atoms with van der Waals surface area (Å²) in [4.78, 5) is 13.7. The molecule has 1 saturated heterocycles. The first-order chi connectivity index (χ1) is 10.5. The van der Waals surface area contributed by atoms with Gasteiger partial charge in [-0.3, -0.25) is 4.90 Å². The van der Waals surface area contributed by atoms with E-state index in [1.54, 1.807) is 0 Å². The molecule has 0 bridgehead atoms. The smallest absolute Gasteiger partial charge is 0.222 e. The molecule has 1 aromatic rings. The predicted octanol–water partition coefficient (Wildman–Crippen LogP) is 2.32. The number of rotatable bonds is 7. The highest BCUT2D eigenvalue weighted by Gasteiger charge is 2.35. The fraction of sp³-hybridized carbons (Fsp3) is 0.765. The summed E-state index contributed by atoms with van der Waals surface area (Å²) in [6, 6.07) is 0.645. The van der Waals surface area contributed by atoms with Crippen molar-refractivity contribution in [2.75, 3.05) is 39.0 Å². The summed E-state index contributed by atoms with van der Waals surface area (Å²) in [6.07, 6.45) is 5.00. The lowest BCUT2D eigenvalue weighted by Gasteiger charge is -2.27. The molecule has 2 heterocycles. The number of aromatic nitrogens is 2. The standard InChI is InChI=1S/C17H31N5/c1-6-7-18-17-19-8-14(9-20-17)10-22-11-15(13(2)3)16(12-22)21(4)5/h8-9,13,15-16H,6-7,10-12H2,1-5H3,(H,18,19,20)/t15-,16+/m0/s1. The monoisotopic (exact) mass is 305 g/mol. The maximum atomic E-state index is 4.41. The van der Waals surface area contributed by atoms with Crippen molar-refractivity contribution < 1.29 is 0 Å². The number of likely N-dealkylation sites (N-methyl/N-ethyl adjacent to an activating group) is 1. The van der Waals surface area contributed by atoms with Gasteiger partial charge in [-0.15, -0.1) is 0 Å². The van der Waals surface area contributed by atoms with Crippen LogP contribution in [0.5, 0.6) is 0 Å². The van der Waals surface area contributed by atoms with Gasteiger partial charge in [0, 0.05) is 50.2 Å². The number of hydrogen-bond donors (Lipinski definition) is 1. The van der Waals surface area contributed by atoms with Crippen molar-refractivity contribution >= 4 is 5.95 Å². The summed E-state index contributed by atoms with van der Waals surface area (Å²) in [5.74, 6) is 2.19. The molecule has 0 aromatic carbocycles. The molecule has 1 aliphatic rings. The Labute approximate surface area is 135 Å². The minimum Gasteiger partial charge on any atom is -0.354 e. The van der Waals surface area contributed by atoms with Crippen LogP contribution >= 0.6 is 0 Å². The van der Waals surface area contributed by atoms with Crippen LogP contribution in [0, 0.1) is 11.8 Å². The van der Waals surface area contributed by atoms with Crippen LogP contribution in [0.3, 0.4) is 0 Å². The van der Waals surface area contributed by atoms with Crippen LogP contribution in [0.4, 0.5) is 5.95 Å². The van der Waals surface area contributed by atoms with Gasteiger partial charge in [0.15, 0.2) is 0 Å². The maximum absolute atomic E-state index is 4.41. The molecule has 2 rings (SSSR count). The molecule has 5 heteroatoms. The van der Waals surface area contributed by atoms with Gasteiger partial charge in [-0.25, -0.2) is 9.97 Å². The molecular weight excluding hydrogens is 274 g/mol. The molecule has 124 valence electrons. The van der Waals surface area contributed by atoms with E-state index in [-0.39, 0.29) is 0 Å². The summed E-state index contributed by atoms with van der Waals surface area (Å²) in [5, 5.41) is 3.22. The molecule has 1 N–H and O–H groups in total. The van der Waals surface area contributed by atoms with E-state index in [2.05, 4.69) is 60.0 Å². The second-order valence-corrected chi connectivity index (χ2v) is 6.97. The van der Waals surface area contributed by atoms with Crippen molar-refractivity contribution in [1.29, 1.82) is 0 Å². The van der Waals surface area contributed by atoms with Gasteiger partial charge in [0.2, 0.25) is 5.95 Å². The van der Waals surface area contributed by atoms with Crippen molar-refractivity contribution in [3.63, 3.8) is 0 Å². The van der Waals surface area contributed by atoms with E-state index in [4.69, 9.17) is 0 Å². The van der Waals surface area contributed by atoms with Crippen LogP contribution in [-0.2, 0) is 6.54 Å². The van der Waals surface area contributed by atoms with Gasteiger partial charge < -0.3 is 10.2 Å². The van der Waals surface area contributed by atoms with E-state index in [9.17, 15) is 0 Å². The quantitative estimate of drug-likeness (QED) is 0.837. The number of nitrogens with one attached hydrogen (secondary N) is 1. The molecule has 22 heavy (non-hydrogen) atoms. The Balaban J connectivity index is 1.93. The zero-order valence-electron chi connectivity index (χ0n) is 14.7. The van der Waals surface area contributed by atoms with Gasteiger partial charge in [-0.1, -0.05) is 20.8 Å². The first kappa shape index (κ1) is 17.2. The zero-order chi connectivity index (χ0) is 16.1. The lowest BCUT2D eigenvalue weighted by Crippen LogP contribution is -2.37. The lowest BCUT2D eigenvalue weighted by atomic mass is 9.91. The molecule has 0 amide bonds. The normalized spacial score (nSPS) is 22.7. The van der Waals surface area contributed by atoms with Gasteiger partial charge in [0.05, 0.1) is 0 Å². The highest BCUT2D eigenvalue weighted by atomic mass is 15.2. The molecule has 0 unspecified atom stereocenters. The Morgan fingerprint density at radius 1 is 1.27 bits per heavy atom. The molecule has 0 spiro atoms. The summed E-state index contributed by atoms with van der Waals surface area (Å²) in [5.41, 5.74) is 1.20. The van der Waals surface area contributed by atoms with Crippen LogP contribution in [0.15, 0.2) is 12.4 Å². The zero-order valence-corrected chi connectivity index (χ0v) is 14.7. The van der Waals surface area contributed by atoms with Crippen LogP contribution in [0.2, 0.25) is 0 Å². The third-order valence-electron chi connectivity index (χ3n) is 4.57. The molecule has 2 atom stereocenters. The van der Waals surface area contributed by atoms with Crippen molar-refractivity contribution in [2.45, 2.75) is 39.8 Å². The minimum atomic E-state index is 0.645. The highest BCUT2D eigenvalue weighted by molar-refractivity contribution is 5.24. The fourth-order valence-electron chi connectivity index (χ4n) is 3.25. The second kappa shape index (κ2) is 7.88. The van der Waals surface area contributed by atoms with Crippen molar-refractivity contribution in [3.05, 3.63) is 18.0 Å². The van der Waals surface area contributed by atoms with Crippen molar-refractivity contribution in [1.82, 2.24) is 19.8 Å². The minimum absolute atomic E-state index is 0.645. The predicted molar refractivity (Wildman–Crippen MR) is 91.9 cm³/mol. The highest BCUT2D eigenvalue weighted by Crippen LogP contribution is 2.28. The maximum Gasteiger partial charge on any atom is 0.222 e. The summed E-state index contributed by atoms with van der Waals surface area (Å²) in [6.45, 7) is 11.0. The van der Waals surface area contributed by atoms with Crippen LogP contribution in [-0.4, -0.2) is 59.5 Å². The number of anilines is 1. The SMILES string of the molecule is CCCNc1ncc(CN2C[C@@H](N(C)C)[C@H](C(C)C)C2)cn1. The molecule has 0 aliphatic carbocycles. The topological polar surface area (TPSA) is 44.3 Å². The molecule has 1 fully saturated rings. The van der Waals surface area contributed by atoms with Crippen molar-refractivity contribution in [3.8, 4) is 0 Å². The first-order valence-electron chi connectivity index (χ1n) is 8.44. The Hall–Kier alpha value is -1.20. The van der Waals surface area contributed by atoms with E-state index in [1.165, 1.54) is 5.56 Å². The fourth-order valence-corrected chi connectivity index (χ4v) is 3.25. The van der Waals surface area contributed by atoms with E-state index in [0.717, 1.165) is 44.5 Å². The molecule has 5 nitrogen and oxygen atoms in total. The average molecular weight is 305 g/mol. The van der Waals surface area contributed by atoms with Gasteiger partial charge in [0.1, 0.15) is 0 Å². The Bertz CT molecular complexity index is 427. The number of likely N-dealkylation sites (tertiary alicyclic amines) is 1. The molecule has 1 aliphatic heterocycles.